The average molecular weight is 162 g/mol. The minimum Gasteiger partial charge on any atom is -0.356 e. The topological polar surface area (TPSA) is 26.0 Å². The Bertz CT molecular complexity index is 370. The van der Waals surface area contributed by atoms with Crippen LogP contribution in [0, 0.1) is 12.0 Å². The molecule has 1 radical (unpaired) electrons. The predicted octanol–water partition coefficient (Wildman–Crippen LogP) is 2.28. The number of nitrogens with zero attached hydrogens (tertiary/aromatic N) is 1. The van der Waals surface area contributed by atoms with E-state index in [9.17, 15) is 4.39 Å². The molecule has 0 amide bonds. The smallest absolute Gasteiger partial charge is 0.167 e. The van der Waals surface area contributed by atoms with Crippen molar-refractivity contribution in [3.63, 3.8) is 0 Å². The molecule has 1 aromatic carbocycles. The molecule has 59 valence electrons. The van der Waals surface area contributed by atoms with E-state index >= 15 is 0 Å². The summed E-state index contributed by atoms with van der Waals surface area (Å²) in [5, 5.41) is 3.41. The first-order valence-corrected chi connectivity index (χ1v) is 3.45. The molecule has 0 unspecified atom stereocenters. The van der Waals surface area contributed by atoms with Crippen LogP contribution < -0.4 is 0 Å². The number of hydrogen-bond donors (Lipinski definition) is 0. The standard InChI is InChI=1S/C9H5FNO/c10-8-3-1-2-7(6-8)9-4-5-11-12-9/h1-4,6H. The van der Waals surface area contributed by atoms with Gasteiger partial charge in [-0.15, -0.1) is 0 Å². The van der Waals surface area contributed by atoms with Crippen molar-refractivity contribution in [2.24, 2.45) is 0 Å². The van der Waals surface area contributed by atoms with E-state index in [1.165, 1.54) is 12.1 Å². The van der Waals surface area contributed by atoms with Gasteiger partial charge in [0.05, 0.1) is 0 Å². The Morgan fingerprint density at radius 2 is 2.33 bits per heavy atom. The Labute approximate surface area is 68.6 Å². The summed E-state index contributed by atoms with van der Waals surface area (Å²) in [5.41, 5.74) is 0.670. The normalized spacial score (nSPS) is 10.1. The largest absolute Gasteiger partial charge is 0.356 e. The lowest BCUT2D eigenvalue weighted by Crippen LogP contribution is -1.75. The van der Waals surface area contributed by atoms with Gasteiger partial charge in [0.15, 0.2) is 5.76 Å². The lowest BCUT2D eigenvalue weighted by Gasteiger charge is -1.93. The van der Waals surface area contributed by atoms with Crippen LogP contribution >= 0.6 is 0 Å². The molecule has 0 saturated heterocycles. The Hall–Kier alpha value is -1.64. The van der Waals surface area contributed by atoms with Crippen molar-refractivity contribution in [1.82, 2.24) is 5.16 Å². The quantitative estimate of drug-likeness (QED) is 0.642. The summed E-state index contributed by atoms with van der Waals surface area (Å²) in [6.45, 7) is 0. The van der Waals surface area contributed by atoms with Crippen LogP contribution in [0.5, 0.6) is 0 Å². The van der Waals surface area contributed by atoms with Crippen molar-refractivity contribution < 1.29 is 8.91 Å². The predicted molar refractivity (Wildman–Crippen MR) is 40.7 cm³/mol. The van der Waals surface area contributed by atoms with E-state index in [0.717, 1.165) is 0 Å². The summed E-state index contributed by atoms with van der Waals surface area (Å²) in [7, 11) is 0. The first kappa shape index (κ1) is 7.03. The molecule has 12 heavy (non-hydrogen) atoms. The summed E-state index contributed by atoms with van der Waals surface area (Å²) < 4.78 is 17.5. The molecule has 2 aromatic rings. The van der Waals surface area contributed by atoms with Crippen LogP contribution in [0.3, 0.4) is 0 Å². The van der Waals surface area contributed by atoms with E-state index in [4.69, 9.17) is 4.52 Å². The fourth-order valence-corrected chi connectivity index (χ4v) is 0.965. The highest BCUT2D eigenvalue weighted by Crippen LogP contribution is 2.18. The van der Waals surface area contributed by atoms with Gasteiger partial charge in [0.1, 0.15) is 12.0 Å². The van der Waals surface area contributed by atoms with Crippen LogP contribution in [-0.2, 0) is 0 Å². The van der Waals surface area contributed by atoms with Gasteiger partial charge in [0.25, 0.3) is 0 Å². The van der Waals surface area contributed by atoms with Crippen LogP contribution in [0.2, 0.25) is 0 Å². The first-order chi connectivity index (χ1) is 5.86. The molecule has 2 nitrogen and oxygen atoms in total. The molecule has 1 aromatic heterocycles. The number of hydrogen-bond acceptors (Lipinski definition) is 2. The third-order valence-corrected chi connectivity index (χ3v) is 1.50. The molecule has 3 heteroatoms. The van der Waals surface area contributed by atoms with Crippen molar-refractivity contribution in [1.29, 1.82) is 0 Å². The summed E-state index contributed by atoms with van der Waals surface area (Å²) >= 11 is 0. The molecule has 0 fully saturated rings. The van der Waals surface area contributed by atoms with Crippen molar-refractivity contribution in [3.05, 3.63) is 42.3 Å². The molecule has 0 spiro atoms. The van der Waals surface area contributed by atoms with Gasteiger partial charge in [-0.1, -0.05) is 17.3 Å². The molecule has 1 heterocycles. The first-order valence-electron chi connectivity index (χ1n) is 3.45. The van der Waals surface area contributed by atoms with E-state index in [1.807, 2.05) is 0 Å². The third-order valence-electron chi connectivity index (χ3n) is 1.50. The van der Waals surface area contributed by atoms with Crippen molar-refractivity contribution >= 4 is 0 Å². The number of aromatic nitrogens is 1. The van der Waals surface area contributed by atoms with E-state index in [-0.39, 0.29) is 5.82 Å². The Kier molecular flexibility index (Phi) is 1.63. The van der Waals surface area contributed by atoms with E-state index in [2.05, 4.69) is 11.4 Å². The summed E-state index contributed by atoms with van der Waals surface area (Å²) in [6, 6.07) is 7.69. The fourth-order valence-electron chi connectivity index (χ4n) is 0.965. The average Bonchev–Trinajstić information content (AvgIpc) is 2.56. The Morgan fingerprint density at radius 1 is 1.42 bits per heavy atom. The van der Waals surface area contributed by atoms with Crippen molar-refractivity contribution in [3.8, 4) is 11.3 Å². The molecule has 0 saturated carbocycles. The lowest BCUT2D eigenvalue weighted by atomic mass is 10.2. The van der Waals surface area contributed by atoms with Gasteiger partial charge in [-0.25, -0.2) is 4.39 Å². The molecule has 0 atom stereocenters. The fraction of sp³-hybridized carbons (Fsp3) is 0. The van der Waals surface area contributed by atoms with Crippen LogP contribution in [0.25, 0.3) is 11.3 Å². The van der Waals surface area contributed by atoms with Crippen LogP contribution in [0.4, 0.5) is 4.39 Å². The molecule has 0 bridgehead atoms. The second-order valence-corrected chi connectivity index (χ2v) is 2.33. The van der Waals surface area contributed by atoms with Crippen LogP contribution in [-0.4, -0.2) is 5.16 Å². The van der Waals surface area contributed by atoms with Gasteiger partial charge in [0.2, 0.25) is 0 Å². The summed E-state index contributed by atoms with van der Waals surface area (Å²) in [5.74, 6) is 0.235. The highest BCUT2D eigenvalue weighted by molar-refractivity contribution is 5.55. The van der Waals surface area contributed by atoms with Crippen molar-refractivity contribution in [2.75, 3.05) is 0 Å². The maximum absolute atomic E-state index is 12.7. The number of benzene rings is 1. The highest BCUT2D eigenvalue weighted by Gasteiger charge is 2.01. The number of halogens is 1. The zero-order valence-electron chi connectivity index (χ0n) is 6.12. The Balaban J connectivity index is 2.48. The summed E-state index contributed by atoms with van der Waals surface area (Å²) in [6.07, 6.45) is 2.51. The monoisotopic (exact) mass is 162 g/mol. The second-order valence-electron chi connectivity index (χ2n) is 2.33. The molecular weight excluding hydrogens is 157 g/mol. The third kappa shape index (κ3) is 1.21. The molecular formula is C9H5FNO. The minimum atomic E-state index is -0.288. The molecule has 0 aliphatic rings. The van der Waals surface area contributed by atoms with Gasteiger partial charge in [0, 0.05) is 11.6 Å². The zero-order chi connectivity index (χ0) is 8.39. The number of rotatable bonds is 1. The molecule has 0 N–H and O–H groups in total. The summed E-state index contributed by atoms with van der Waals surface area (Å²) in [4.78, 5) is 0. The zero-order valence-corrected chi connectivity index (χ0v) is 6.12. The van der Waals surface area contributed by atoms with Gasteiger partial charge < -0.3 is 4.52 Å². The van der Waals surface area contributed by atoms with E-state index in [1.54, 1.807) is 18.2 Å². The highest BCUT2D eigenvalue weighted by atomic mass is 19.1. The van der Waals surface area contributed by atoms with Gasteiger partial charge in [-0.05, 0) is 12.1 Å². The van der Waals surface area contributed by atoms with Crippen LogP contribution in [0.15, 0.2) is 34.9 Å². The van der Waals surface area contributed by atoms with Gasteiger partial charge in [-0.3, -0.25) is 0 Å². The minimum absolute atomic E-state index is 0.288. The molecule has 0 aliphatic carbocycles. The SMILES string of the molecule is Fc1cccc(-c2c[c]no2)c1. The van der Waals surface area contributed by atoms with Crippen molar-refractivity contribution in [2.45, 2.75) is 0 Å². The second kappa shape index (κ2) is 2.77. The van der Waals surface area contributed by atoms with Gasteiger partial charge in [-0.2, -0.15) is 0 Å². The van der Waals surface area contributed by atoms with E-state index in [0.29, 0.717) is 11.3 Å². The molecule has 0 aliphatic heterocycles. The maximum Gasteiger partial charge on any atom is 0.167 e. The maximum atomic E-state index is 12.7. The Morgan fingerprint density at radius 3 is 3.00 bits per heavy atom. The van der Waals surface area contributed by atoms with Crippen LogP contribution in [0.1, 0.15) is 0 Å². The van der Waals surface area contributed by atoms with E-state index < -0.39 is 0 Å². The molecule has 2 rings (SSSR count). The van der Waals surface area contributed by atoms with Gasteiger partial charge >= 0.3 is 0 Å². The lowest BCUT2D eigenvalue weighted by molar-refractivity contribution is 0.430.